The van der Waals surface area contributed by atoms with Gasteiger partial charge < -0.3 is 25.2 Å². The molecular weight excluding hydrogens is 228 g/mol. The number of amides is 2. The highest BCUT2D eigenvalue weighted by molar-refractivity contribution is 5.75. The van der Waals surface area contributed by atoms with Crippen molar-refractivity contribution in [3.05, 3.63) is 0 Å². The van der Waals surface area contributed by atoms with E-state index in [4.69, 9.17) is 14.9 Å². The predicted octanol–water partition coefficient (Wildman–Crippen LogP) is -0.748. The molecule has 0 aromatic carbocycles. The van der Waals surface area contributed by atoms with Crippen molar-refractivity contribution in [2.45, 2.75) is 25.5 Å². The zero-order chi connectivity index (χ0) is 12.8. The fourth-order valence-electron chi connectivity index (χ4n) is 1.57. The number of carboxylic acid groups (broad SMARTS) is 1. The first-order valence-corrected chi connectivity index (χ1v) is 5.55. The van der Waals surface area contributed by atoms with Crippen LogP contribution in [0.3, 0.4) is 0 Å². The van der Waals surface area contributed by atoms with Gasteiger partial charge in [0.2, 0.25) is 0 Å². The molecule has 1 saturated heterocycles. The number of carboxylic acids is 1. The molecule has 17 heavy (non-hydrogen) atoms. The normalized spacial score (nSPS) is 22.0. The van der Waals surface area contributed by atoms with E-state index in [2.05, 4.69) is 5.32 Å². The van der Waals surface area contributed by atoms with E-state index in [9.17, 15) is 9.59 Å². The molecule has 1 heterocycles. The number of hydrogen-bond acceptors (Lipinski definition) is 4. The first-order valence-electron chi connectivity index (χ1n) is 5.55. The van der Waals surface area contributed by atoms with Gasteiger partial charge in [-0.05, 0) is 6.92 Å². The molecule has 0 radical (unpaired) electrons. The molecule has 0 aromatic heterocycles. The summed E-state index contributed by atoms with van der Waals surface area (Å²) in [5, 5.41) is 20.0. The number of aliphatic hydroxyl groups excluding tert-OH is 1. The first kappa shape index (κ1) is 13.7. The summed E-state index contributed by atoms with van der Waals surface area (Å²) in [5.74, 6) is -1.28. The number of carbonyl (C=O) groups excluding carboxylic acids is 1. The molecule has 1 unspecified atom stereocenters. The maximum atomic E-state index is 11.7. The average Bonchev–Trinajstić information content (AvgIpc) is 2.29. The van der Waals surface area contributed by atoms with E-state index in [0.717, 1.165) is 0 Å². The van der Waals surface area contributed by atoms with Crippen molar-refractivity contribution in [2.24, 2.45) is 0 Å². The highest BCUT2D eigenvalue weighted by Crippen LogP contribution is 2.05. The second-order valence-electron chi connectivity index (χ2n) is 3.99. The Morgan fingerprint density at radius 2 is 2.29 bits per heavy atom. The van der Waals surface area contributed by atoms with Gasteiger partial charge in [0.15, 0.2) is 6.10 Å². The van der Waals surface area contributed by atoms with Crippen molar-refractivity contribution in [3.8, 4) is 0 Å². The third-order valence-electron chi connectivity index (χ3n) is 2.61. The highest BCUT2D eigenvalue weighted by atomic mass is 16.5. The predicted molar refractivity (Wildman–Crippen MR) is 58.6 cm³/mol. The number of urea groups is 1. The topological polar surface area (TPSA) is 99.1 Å². The number of aliphatic hydroxyl groups is 1. The molecule has 3 N–H and O–H groups in total. The molecule has 0 saturated carbocycles. The summed E-state index contributed by atoms with van der Waals surface area (Å²) >= 11 is 0. The number of morpholine rings is 1. The summed E-state index contributed by atoms with van der Waals surface area (Å²) in [4.78, 5) is 23.7. The van der Waals surface area contributed by atoms with Crippen LogP contribution in [-0.2, 0) is 9.53 Å². The Morgan fingerprint density at radius 1 is 1.59 bits per heavy atom. The number of nitrogens with zero attached hydrogens (tertiary/aromatic N) is 1. The third-order valence-corrected chi connectivity index (χ3v) is 2.61. The van der Waals surface area contributed by atoms with E-state index >= 15 is 0 Å². The monoisotopic (exact) mass is 246 g/mol. The Balaban J connectivity index is 2.26. The number of nitrogens with one attached hydrogen (secondary N) is 1. The summed E-state index contributed by atoms with van der Waals surface area (Å²) in [6.45, 7) is 3.55. The van der Waals surface area contributed by atoms with E-state index in [1.807, 2.05) is 6.92 Å². The first-order chi connectivity index (χ1) is 8.02. The van der Waals surface area contributed by atoms with Crippen molar-refractivity contribution in [3.63, 3.8) is 0 Å². The van der Waals surface area contributed by atoms with E-state index in [0.29, 0.717) is 19.8 Å². The lowest BCUT2D eigenvalue weighted by Crippen LogP contribution is -2.51. The molecule has 2 amide bonds. The Kier molecular flexibility index (Phi) is 5.17. The summed E-state index contributed by atoms with van der Waals surface area (Å²) in [6.07, 6.45) is -1.43. The van der Waals surface area contributed by atoms with Gasteiger partial charge in [0.1, 0.15) is 0 Å². The molecule has 1 rings (SSSR count). The van der Waals surface area contributed by atoms with Crippen molar-refractivity contribution < 1.29 is 24.5 Å². The van der Waals surface area contributed by atoms with Gasteiger partial charge in [-0.2, -0.15) is 0 Å². The lowest BCUT2D eigenvalue weighted by atomic mass is 10.2. The molecule has 7 nitrogen and oxygen atoms in total. The van der Waals surface area contributed by atoms with Gasteiger partial charge in [-0.25, -0.2) is 9.59 Å². The number of aliphatic carboxylic acids is 1. The van der Waals surface area contributed by atoms with Crippen LogP contribution in [0.15, 0.2) is 0 Å². The minimum Gasteiger partial charge on any atom is -0.479 e. The second-order valence-corrected chi connectivity index (χ2v) is 3.99. The zero-order valence-corrected chi connectivity index (χ0v) is 9.76. The van der Waals surface area contributed by atoms with Gasteiger partial charge in [0.05, 0.1) is 19.3 Å². The number of rotatable bonds is 4. The highest BCUT2D eigenvalue weighted by Gasteiger charge is 2.23. The quantitative estimate of drug-likeness (QED) is 0.606. The molecular formula is C10H18N2O5. The fourth-order valence-corrected chi connectivity index (χ4v) is 1.57. The Labute approximate surface area is 99.4 Å². The average molecular weight is 246 g/mol. The fraction of sp³-hybridized carbons (Fsp3) is 0.800. The van der Waals surface area contributed by atoms with E-state index in [1.165, 1.54) is 0 Å². The van der Waals surface area contributed by atoms with Crippen LogP contribution in [0.4, 0.5) is 4.79 Å². The summed E-state index contributed by atoms with van der Waals surface area (Å²) in [5.41, 5.74) is 0. The van der Waals surface area contributed by atoms with Gasteiger partial charge in [-0.3, -0.25) is 0 Å². The maximum Gasteiger partial charge on any atom is 0.332 e. The van der Waals surface area contributed by atoms with Gasteiger partial charge in [0.25, 0.3) is 0 Å². The second kappa shape index (κ2) is 6.41. The largest absolute Gasteiger partial charge is 0.479 e. The van der Waals surface area contributed by atoms with Crippen molar-refractivity contribution in [2.75, 3.05) is 26.3 Å². The lowest BCUT2D eigenvalue weighted by molar-refractivity contribution is -0.146. The third kappa shape index (κ3) is 4.20. The molecule has 0 bridgehead atoms. The van der Waals surface area contributed by atoms with Crippen LogP contribution in [0, 0.1) is 0 Å². The zero-order valence-electron chi connectivity index (χ0n) is 9.76. The smallest absolute Gasteiger partial charge is 0.332 e. The Bertz CT molecular complexity index is 284. The Morgan fingerprint density at radius 3 is 2.88 bits per heavy atom. The van der Waals surface area contributed by atoms with Crippen LogP contribution in [-0.4, -0.2) is 65.6 Å². The minimum absolute atomic E-state index is 0.000204. The molecule has 1 aliphatic heterocycles. The van der Waals surface area contributed by atoms with Gasteiger partial charge in [-0.1, -0.05) is 0 Å². The van der Waals surface area contributed by atoms with E-state index < -0.39 is 12.1 Å². The van der Waals surface area contributed by atoms with E-state index in [-0.39, 0.29) is 25.0 Å². The summed E-state index contributed by atoms with van der Waals surface area (Å²) in [7, 11) is 0. The van der Waals surface area contributed by atoms with E-state index in [1.54, 1.807) is 4.90 Å². The van der Waals surface area contributed by atoms with Crippen molar-refractivity contribution in [1.29, 1.82) is 0 Å². The lowest BCUT2D eigenvalue weighted by Gasteiger charge is -2.33. The van der Waals surface area contributed by atoms with Crippen LogP contribution in [0.1, 0.15) is 13.3 Å². The van der Waals surface area contributed by atoms with Crippen molar-refractivity contribution >= 4 is 12.0 Å². The number of carbonyl (C=O) groups is 2. The van der Waals surface area contributed by atoms with Crippen LogP contribution < -0.4 is 5.32 Å². The molecule has 0 spiro atoms. The number of ether oxygens (including phenoxy) is 1. The van der Waals surface area contributed by atoms with Gasteiger partial charge in [-0.15, -0.1) is 0 Å². The summed E-state index contributed by atoms with van der Waals surface area (Å²) < 4.78 is 5.20. The minimum atomic E-state index is -1.43. The van der Waals surface area contributed by atoms with Crippen molar-refractivity contribution in [1.82, 2.24) is 10.2 Å². The van der Waals surface area contributed by atoms with Crippen LogP contribution in [0.5, 0.6) is 0 Å². The van der Waals surface area contributed by atoms with Gasteiger partial charge >= 0.3 is 12.0 Å². The Hall–Kier alpha value is -1.34. The van der Waals surface area contributed by atoms with Crippen LogP contribution in [0.2, 0.25) is 0 Å². The molecule has 7 heteroatoms. The molecule has 0 aromatic rings. The SMILES string of the molecule is CC1COCCN1C(=O)NCC[C@H](O)C(=O)O. The standard InChI is InChI=1S/C10H18N2O5/c1-7-6-17-5-4-12(7)10(16)11-3-2-8(13)9(14)15/h7-8,13H,2-6H2,1H3,(H,11,16)(H,14,15)/t7?,8-/m0/s1. The van der Waals surface area contributed by atoms with Crippen LogP contribution in [0.25, 0.3) is 0 Å². The summed E-state index contributed by atoms with van der Waals surface area (Å²) in [6, 6.07) is -0.244. The molecule has 0 aliphatic carbocycles. The molecule has 98 valence electrons. The molecule has 2 atom stereocenters. The molecule has 1 fully saturated rings. The van der Waals surface area contributed by atoms with Gasteiger partial charge in [0, 0.05) is 19.5 Å². The molecule has 1 aliphatic rings. The maximum absolute atomic E-state index is 11.7. The van der Waals surface area contributed by atoms with Crippen LogP contribution >= 0.6 is 0 Å². The number of hydrogen-bond donors (Lipinski definition) is 3.